The summed E-state index contributed by atoms with van der Waals surface area (Å²) < 4.78 is 0. The standard InChI is InChI=1S/C14H14N4/c1-9-17-13(10-5-3-2-4-6-10)12-11(7-15)8-16-14(12)18-9/h2-6,8H,7,15H2,1H3,(H,16,17,18). The highest BCUT2D eigenvalue weighted by atomic mass is 14.9. The van der Waals surface area contributed by atoms with Gasteiger partial charge in [-0.05, 0) is 12.5 Å². The lowest BCUT2D eigenvalue weighted by Crippen LogP contribution is -1.98. The van der Waals surface area contributed by atoms with E-state index in [4.69, 9.17) is 5.73 Å². The van der Waals surface area contributed by atoms with Gasteiger partial charge in [0.25, 0.3) is 0 Å². The molecule has 0 amide bonds. The molecule has 3 aromatic rings. The molecule has 4 heteroatoms. The molecule has 0 saturated carbocycles. The van der Waals surface area contributed by atoms with Crippen LogP contribution in [0.1, 0.15) is 11.4 Å². The number of benzene rings is 1. The maximum Gasteiger partial charge on any atom is 0.141 e. The first-order valence-corrected chi connectivity index (χ1v) is 5.89. The number of nitrogens with one attached hydrogen (secondary N) is 1. The lowest BCUT2D eigenvalue weighted by molar-refractivity contribution is 1.07. The zero-order valence-corrected chi connectivity index (χ0v) is 10.1. The Balaban J connectivity index is 2.36. The van der Waals surface area contributed by atoms with Gasteiger partial charge in [0.05, 0.1) is 5.69 Å². The second-order valence-corrected chi connectivity index (χ2v) is 4.23. The largest absolute Gasteiger partial charge is 0.346 e. The molecule has 90 valence electrons. The van der Waals surface area contributed by atoms with E-state index in [0.29, 0.717) is 6.54 Å². The lowest BCUT2D eigenvalue weighted by atomic mass is 10.1. The van der Waals surface area contributed by atoms with E-state index in [1.807, 2.05) is 31.3 Å². The summed E-state index contributed by atoms with van der Waals surface area (Å²) in [5, 5.41) is 1.02. The molecule has 3 N–H and O–H groups in total. The Hall–Kier alpha value is -2.20. The first-order chi connectivity index (χ1) is 8.79. The van der Waals surface area contributed by atoms with E-state index in [2.05, 4.69) is 27.1 Å². The van der Waals surface area contributed by atoms with Crippen molar-refractivity contribution >= 4 is 11.0 Å². The minimum atomic E-state index is 0.478. The van der Waals surface area contributed by atoms with Crippen molar-refractivity contribution in [3.8, 4) is 11.3 Å². The van der Waals surface area contributed by atoms with Crippen molar-refractivity contribution < 1.29 is 0 Å². The van der Waals surface area contributed by atoms with E-state index in [9.17, 15) is 0 Å². The van der Waals surface area contributed by atoms with Crippen LogP contribution in [0.2, 0.25) is 0 Å². The van der Waals surface area contributed by atoms with Crippen LogP contribution >= 0.6 is 0 Å². The van der Waals surface area contributed by atoms with E-state index in [1.54, 1.807) is 0 Å². The molecule has 3 rings (SSSR count). The number of fused-ring (bicyclic) bond motifs is 1. The number of nitrogens with zero attached hydrogens (tertiary/aromatic N) is 2. The van der Waals surface area contributed by atoms with Crippen molar-refractivity contribution in [1.82, 2.24) is 15.0 Å². The molecule has 0 spiro atoms. The normalized spacial score (nSPS) is 11.0. The second kappa shape index (κ2) is 4.23. The minimum Gasteiger partial charge on any atom is -0.346 e. The Kier molecular flexibility index (Phi) is 2.57. The smallest absolute Gasteiger partial charge is 0.141 e. The van der Waals surface area contributed by atoms with Gasteiger partial charge in [-0.1, -0.05) is 30.3 Å². The Morgan fingerprint density at radius 1 is 1.17 bits per heavy atom. The quantitative estimate of drug-likeness (QED) is 0.720. The molecule has 2 aromatic heterocycles. The van der Waals surface area contributed by atoms with Crippen molar-refractivity contribution in [3.63, 3.8) is 0 Å². The topological polar surface area (TPSA) is 67.6 Å². The fraction of sp³-hybridized carbons (Fsp3) is 0.143. The minimum absolute atomic E-state index is 0.478. The Morgan fingerprint density at radius 2 is 1.94 bits per heavy atom. The number of aromatic nitrogens is 3. The van der Waals surface area contributed by atoms with Crippen molar-refractivity contribution in [2.24, 2.45) is 5.73 Å². The van der Waals surface area contributed by atoms with E-state index in [-0.39, 0.29) is 0 Å². The molecule has 0 saturated heterocycles. The van der Waals surface area contributed by atoms with Crippen LogP contribution in [-0.4, -0.2) is 15.0 Å². The fourth-order valence-electron chi connectivity index (χ4n) is 2.17. The molecular formula is C14H14N4. The Labute approximate surface area is 105 Å². The van der Waals surface area contributed by atoms with Crippen molar-refractivity contribution in [2.45, 2.75) is 13.5 Å². The summed E-state index contributed by atoms with van der Waals surface area (Å²) in [7, 11) is 0. The van der Waals surface area contributed by atoms with Gasteiger partial charge in [-0.25, -0.2) is 9.97 Å². The summed E-state index contributed by atoms with van der Waals surface area (Å²) in [6.45, 7) is 2.38. The number of hydrogen-bond acceptors (Lipinski definition) is 3. The number of aromatic amines is 1. The molecule has 1 aromatic carbocycles. The zero-order chi connectivity index (χ0) is 12.5. The van der Waals surface area contributed by atoms with Gasteiger partial charge in [0.2, 0.25) is 0 Å². The average Bonchev–Trinajstić information content (AvgIpc) is 2.81. The van der Waals surface area contributed by atoms with Crippen LogP contribution in [0.25, 0.3) is 22.3 Å². The predicted octanol–water partition coefficient (Wildman–Crippen LogP) is 2.39. The highest BCUT2D eigenvalue weighted by Crippen LogP contribution is 2.28. The summed E-state index contributed by atoms with van der Waals surface area (Å²) in [6.07, 6.45) is 1.91. The predicted molar refractivity (Wildman–Crippen MR) is 72.0 cm³/mol. The van der Waals surface area contributed by atoms with Crippen molar-refractivity contribution in [1.29, 1.82) is 0 Å². The van der Waals surface area contributed by atoms with Gasteiger partial charge in [-0.3, -0.25) is 0 Å². The number of H-pyrrole nitrogens is 1. The third-order valence-electron chi connectivity index (χ3n) is 2.99. The van der Waals surface area contributed by atoms with Crippen LogP contribution in [0.15, 0.2) is 36.5 Å². The lowest BCUT2D eigenvalue weighted by Gasteiger charge is -2.05. The highest BCUT2D eigenvalue weighted by Gasteiger charge is 2.12. The summed E-state index contributed by atoms with van der Waals surface area (Å²) in [5.74, 6) is 0.756. The number of rotatable bonds is 2. The van der Waals surface area contributed by atoms with Gasteiger partial charge in [0, 0.05) is 23.7 Å². The summed E-state index contributed by atoms with van der Waals surface area (Å²) in [5.41, 5.74) is 9.69. The van der Waals surface area contributed by atoms with Gasteiger partial charge in [0.15, 0.2) is 0 Å². The Morgan fingerprint density at radius 3 is 2.67 bits per heavy atom. The molecule has 0 atom stereocenters. The highest BCUT2D eigenvalue weighted by molar-refractivity contribution is 5.93. The number of hydrogen-bond donors (Lipinski definition) is 2. The molecule has 0 aliphatic heterocycles. The average molecular weight is 238 g/mol. The third kappa shape index (κ3) is 1.67. The molecule has 0 aliphatic carbocycles. The van der Waals surface area contributed by atoms with Crippen LogP contribution < -0.4 is 5.73 Å². The van der Waals surface area contributed by atoms with Gasteiger partial charge in [0.1, 0.15) is 11.5 Å². The van der Waals surface area contributed by atoms with Gasteiger partial charge in [-0.15, -0.1) is 0 Å². The molecule has 0 fully saturated rings. The van der Waals surface area contributed by atoms with Crippen LogP contribution in [0.3, 0.4) is 0 Å². The second-order valence-electron chi connectivity index (χ2n) is 4.23. The van der Waals surface area contributed by atoms with Crippen molar-refractivity contribution in [2.75, 3.05) is 0 Å². The molecule has 2 heterocycles. The van der Waals surface area contributed by atoms with E-state index >= 15 is 0 Å². The number of aryl methyl sites for hydroxylation is 1. The molecule has 18 heavy (non-hydrogen) atoms. The van der Waals surface area contributed by atoms with E-state index in [1.165, 1.54) is 0 Å². The van der Waals surface area contributed by atoms with E-state index < -0.39 is 0 Å². The maximum absolute atomic E-state index is 5.77. The SMILES string of the molecule is Cc1nc(-c2ccccc2)c2c(CN)c[nH]c2n1. The maximum atomic E-state index is 5.77. The van der Waals surface area contributed by atoms with Crippen LogP contribution in [0.4, 0.5) is 0 Å². The molecule has 0 radical (unpaired) electrons. The third-order valence-corrected chi connectivity index (χ3v) is 2.99. The van der Waals surface area contributed by atoms with Gasteiger partial charge < -0.3 is 10.7 Å². The number of nitrogens with two attached hydrogens (primary N) is 1. The first-order valence-electron chi connectivity index (χ1n) is 5.89. The van der Waals surface area contributed by atoms with Gasteiger partial charge >= 0.3 is 0 Å². The summed E-state index contributed by atoms with van der Waals surface area (Å²) in [4.78, 5) is 12.1. The molecule has 0 aliphatic rings. The van der Waals surface area contributed by atoms with Crippen molar-refractivity contribution in [3.05, 3.63) is 47.9 Å². The monoisotopic (exact) mass is 238 g/mol. The molecular weight excluding hydrogens is 224 g/mol. The van der Waals surface area contributed by atoms with Crippen LogP contribution in [0, 0.1) is 6.92 Å². The molecule has 0 bridgehead atoms. The summed E-state index contributed by atoms with van der Waals surface area (Å²) in [6, 6.07) is 10.1. The van der Waals surface area contributed by atoms with Gasteiger partial charge in [-0.2, -0.15) is 0 Å². The van der Waals surface area contributed by atoms with E-state index in [0.717, 1.165) is 33.7 Å². The first kappa shape index (κ1) is 10.9. The zero-order valence-electron chi connectivity index (χ0n) is 10.1. The molecule has 0 unspecified atom stereocenters. The Bertz CT molecular complexity index is 686. The summed E-state index contributed by atoms with van der Waals surface area (Å²) >= 11 is 0. The fourth-order valence-corrected chi connectivity index (χ4v) is 2.17. The van der Waals surface area contributed by atoms with Crippen LogP contribution in [0.5, 0.6) is 0 Å². The molecule has 4 nitrogen and oxygen atoms in total. The van der Waals surface area contributed by atoms with Crippen LogP contribution in [-0.2, 0) is 6.54 Å².